The molecule has 0 aliphatic rings. The fourth-order valence-corrected chi connectivity index (χ4v) is 1.98. The molecule has 100 valence electrons. The van der Waals surface area contributed by atoms with Crippen molar-refractivity contribution in [2.45, 2.75) is 20.5 Å². The van der Waals surface area contributed by atoms with Gasteiger partial charge in [-0.25, -0.2) is 4.39 Å². The van der Waals surface area contributed by atoms with Gasteiger partial charge < -0.3 is 9.47 Å². The van der Waals surface area contributed by atoms with Crippen LogP contribution in [0, 0.1) is 19.7 Å². The summed E-state index contributed by atoms with van der Waals surface area (Å²) >= 11 is 0. The van der Waals surface area contributed by atoms with Crippen molar-refractivity contribution in [3.05, 3.63) is 58.9 Å². The molecule has 0 fully saturated rings. The second-order valence-electron chi connectivity index (χ2n) is 4.58. The Balaban J connectivity index is 2.08. The fourth-order valence-electron chi connectivity index (χ4n) is 1.98. The van der Waals surface area contributed by atoms with Crippen molar-refractivity contribution in [1.29, 1.82) is 0 Å². The second kappa shape index (κ2) is 5.74. The summed E-state index contributed by atoms with van der Waals surface area (Å²) in [6, 6.07) is 10.8. The smallest absolute Gasteiger partial charge is 0.165 e. The molecule has 2 nitrogen and oxygen atoms in total. The van der Waals surface area contributed by atoms with Crippen molar-refractivity contribution in [2.75, 3.05) is 7.11 Å². The maximum atomic E-state index is 13.5. The number of aryl methyl sites for hydroxylation is 2. The van der Waals surface area contributed by atoms with Gasteiger partial charge >= 0.3 is 0 Å². The standard InChI is InChI=1S/C16H17FO2/c1-11-6-12(2)8-14(7-11)19-10-13-4-5-16(18-3)15(17)9-13/h4-9H,10H2,1-3H3. The van der Waals surface area contributed by atoms with E-state index in [0.29, 0.717) is 6.61 Å². The summed E-state index contributed by atoms with van der Waals surface area (Å²) in [7, 11) is 1.45. The number of hydrogen-bond donors (Lipinski definition) is 0. The quantitative estimate of drug-likeness (QED) is 0.826. The molecule has 2 aromatic rings. The van der Waals surface area contributed by atoms with Crippen LogP contribution in [0.2, 0.25) is 0 Å². The Labute approximate surface area is 112 Å². The van der Waals surface area contributed by atoms with Crippen molar-refractivity contribution in [2.24, 2.45) is 0 Å². The molecule has 0 spiro atoms. The summed E-state index contributed by atoms with van der Waals surface area (Å²) in [5.74, 6) is 0.674. The van der Waals surface area contributed by atoms with Crippen LogP contribution in [0.15, 0.2) is 36.4 Å². The molecule has 0 heterocycles. The molecule has 2 aromatic carbocycles. The molecule has 0 aromatic heterocycles. The van der Waals surface area contributed by atoms with Crippen molar-refractivity contribution in [3.63, 3.8) is 0 Å². The van der Waals surface area contributed by atoms with Crippen LogP contribution in [0.3, 0.4) is 0 Å². The zero-order valence-electron chi connectivity index (χ0n) is 11.4. The normalized spacial score (nSPS) is 10.3. The Morgan fingerprint density at radius 1 is 1.00 bits per heavy atom. The lowest BCUT2D eigenvalue weighted by atomic mass is 10.1. The van der Waals surface area contributed by atoms with Crippen LogP contribution in [-0.2, 0) is 6.61 Å². The molecule has 19 heavy (non-hydrogen) atoms. The lowest BCUT2D eigenvalue weighted by Crippen LogP contribution is -1.98. The third kappa shape index (κ3) is 3.47. The highest BCUT2D eigenvalue weighted by Crippen LogP contribution is 2.20. The molecule has 3 heteroatoms. The molecule has 0 aliphatic heterocycles. The van der Waals surface area contributed by atoms with Crippen LogP contribution in [0.25, 0.3) is 0 Å². The van der Waals surface area contributed by atoms with E-state index in [9.17, 15) is 4.39 Å². The van der Waals surface area contributed by atoms with E-state index in [2.05, 4.69) is 6.07 Å². The number of ether oxygens (including phenoxy) is 2. The van der Waals surface area contributed by atoms with E-state index >= 15 is 0 Å². The fraction of sp³-hybridized carbons (Fsp3) is 0.250. The molecule has 0 saturated heterocycles. The molecule has 0 N–H and O–H groups in total. The molecule has 0 atom stereocenters. The molecule has 2 rings (SSSR count). The summed E-state index contributed by atoms with van der Waals surface area (Å²) in [6.45, 7) is 4.38. The number of benzene rings is 2. The SMILES string of the molecule is COc1ccc(COc2cc(C)cc(C)c2)cc1F. The molecular weight excluding hydrogens is 243 g/mol. The third-order valence-corrected chi connectivity index (χ3v) is 2.82. The molecule has 0 aliphatic carbocycles. The Hall–Kier alpha value is -2.03. The van der Waals surface area contributed by atoms with Crippen LogP contribution in [0.5, 0.6) is 11.5 Å². The Kier molecular flexibility index (Phi) is 4.05. The average molecular weight is 260 g/mol. The van der Waals surface area contributed by atoms with Crippen molar-refractivity contribution in [1.82, 2.24) is 0 Å². The minimum Gasteiger partial charge on any atom is -0.494 e. The van der Waals surface area contributed by atoms with Gasteiger partial charge in [0.05, 0.1) is 7.11 Å². The zero-order chi connectivity index (χ0) is 13.8. The lowest BCUT2D eigenvalue weighted by molar-refractivity contribution is 0.304. The number of halogens is 1. The first-order chi connectivity index (χ1) is 9.08. The van der Waals surface area contributed by atoms with Gasteiger partial charge in [0.2, 0.25) is 0 Å². The van der Waals surface area contributed by atoms with E-state index in [0.717, 1.165) is 22.4 Å². The molecule has 0 unspecified atom stereocenters. The maximum absolute atomic E-state index is 13.5. The van der Waals surface area contributed by atoms with Gasteiger partial charge in [-0.05, 0) is 54.8 Å². The van der Waals surface area contributed by atoms with E-state index in [-0.39, 0.29) is 11.6 Å². The molecular formula is C16H17FO2. The summed E-state index contributed by atoms with van der Waals surface area (Å²) in [5.41, 5.74) is 3.07. The summed E-state index contributed by atoms with van der Waals surface area (Å²) < 4.78 is 24.1. The summed E-state index contributed by atoms with van der Waals surface area (Å²) in [4.78, 5) is 0. The Morgan fingerprint density at radius 2 is 1.68 bits per heavy atom. The first-order valence-electron chi connectivity index (χ1n) is 6.12. The van der Waals surface area contributed by atoms with Crippen LogP contribution < -0.4 is 9.47 Å². The first-order valence-corrected chi connectivity index (χ1v) is 6.12. The predicted octanol–water partition coefficient (Wildman–Crippen LogP) is 4.03. The number of rotatable bonds is 4. The molecule has 0 amide bonds. The van der Waals surface area contributed by atoms with E-state index in [4.69, 9.17) is 9.47 Å². The number of hydrogen-bond acceptors (Lipinski definition) is 2. The second-order valence-corrected chi connectivity index (χ2v) is 4.58. The third-order valence-electron chi connectivity index (χ3n) is 2.82. The summed E-state index contributed by atoms with van der Waals surface area (Å²) in [6.07, 6.45) is 0. The van der Waals surface area contributed by atoms with Gasteiger partial charge in [0, 0.05) is 0 Å². The Morgan fingerprint density at radius 3 is 2.26 bits per heavy atom. The minimum absolute atomic E-state index is 0.246. The van der Waals surface area contributed by atoms with Crippen LogP contribution in [-0.4, -0.2) is 7.11 Å². The minimum atomic E-state index is -0.371. The monoisotopic (exact) mass is 260 g/mol. The van der Waals surface area contributed by atoms with Crippen molar-refractivity contribution < 1.29 is 13.9 Å². The zero-order valence-corrected chi connectivity index (χ0v) is 11.4. The molecule has 0 bridgehead atoms. The van der Waals surface area contributed by atoms with Gasteiger partial charge in [-0.1, -0.05) is 12.1 Å². The highest BCUT2D eigenvalue weighted by Gasteiger charge is 2.04. The van der Waals surface area contributed by atoms with Gasteiger partial charge in [0.25, 0.3) is 0 Å². The molecule has 0 radical (unpaired) electrons. The predicted molar refractivity (Wildman–Crippen MR) is 73.2 cm³/mol. The highest BCUT2D eigenvalue weighted by atomic mass is 19.1. The summed E-state index contributed by atoms with van der Waals surface area (Å²) in [5, 5.41) is 0. The van der Waals surface area contributed by atoms with Gasteiger partial charge in [-0.15, -0.1) is 0 Å². The van der Waals surface area contributed by atoms with Crippen molar-refractivity contribution in [3.8, 4) is 11.5 Å². The van der Waals surface area contributed by atoms with Crippen LogP contribution >= 0.6 is 0 Å². The Bertz CT molecular complexity index is 559. The van der Waals surface area contributed by atoms with E-state index in [1.165, 1.54) is 13.2 Å². The van der Waals surface area contributed by atoms with E-state index < -0.39 is 0 Å². The van der Waals surface area contributed by atoms with Gasteiger partial charge in [-0.3, -0.25) is 0 Å². The van der Waals surface area contributed by atoms with E-state index in [1.807, 2.05) is 26.0 Å². The van der Waals surface area contributed by atoms with Crippen molar-refractivity contribution >= 4 is 0 Å². The van der Waals surface area contributed by atoms with Gasteiger partial charge in [-0.2, -0.15) is 0 Å². The topological polar surface area (TPSA) is 18.5 Å². The van der Waals surface area contributed by atoms with E-state index in [1.54, 1.807) is 12.1 Å². The average Bonchev–Trinajstić information content (AvgIpc) is 2.35. The largest absolute Gasteiger partial charge is 0.494 e. The first kappa shape index (κ1) is 13.4. The lowest BCUT2D eigenvalue weighted by Gasteiger charge is -2.09. The van der Waals surface area contributed by atoms with Crippen LogP contribution in [0.1, 0.15) is 16.7 Å². The molecule has 0 saturated carbocycles. The number of methoxy groups -OCH3 is 1. The highest BCUT2D eigenvalue weighted by molar-refractivity contribution is 5.34. The maximum Gasteiger partial charge on any atom is 0.165 e. The van der Waals surface area contributed by atoms with Gasteiger partial charge in [0.15, 0.2) is 11.6 Å². The van der Waals surface area contributed by atoms with Gasteiger partial charge in [0.1, 0.15) is 12.4 Å². The van der Waals surface area contributed by atoms with Crippen LogP contribution in [0.4, 0.5) is 4.39 Å².